The topological polar surface area (TPSA) is 132 Å². The summed E-state index contributed by atoms with van der Waals surface area (Å²) < 4.78 is 78.7. The summed E-state index contributed by atoms with van der Waals surface area (Å²) in [6.07, 6.45) is 8.98. The number of hydrogen-bond acceptors (Lipinski definition) is 12. The Morgan fingerprint density at radius 3 is 1.11 bits per heavy atom. The van der Waals surface area contributed by atoms with Crippen molar-refractivity contribution in [1.29, 1.82) is 0 Å². The Morgan fingerprint density at radius 2 is 0.768 bits per heavy atom. The average Bonchev–Trinajstić information content (AvgIpc) is 3.16. The smallest absolute Gasteiger partial charge is 0.750 e. The molecule has 1 aromatic rings. The van der Waals surface area contributed by atoms with E-state index in [1.165, 1.54) is 50.5 Å². The van der Waals surface area contributed by atoms with Gasteiger partial charge in [-0.15, -0.1) is 0 Å². The van der Waals surface area contributed by atoms with Crippen LogP contribution in [0.3, 0.4) is 0 Å². The van der Waals surface area contributed by atoms with E-state index < -0.39 is 17.5 Å². The molecule has 10 unspecified atom stereocenters. The fourth-order valence-corrected chi connectivity index (χ4v) is 5.52. The van der Waals surface area contributed by atoms with E-state index in [1.54, 1.807) is 6.92 Å². The normalized spacial score (nSPS) is 17.2. The van der Waals surface area contributed by atoms with Crippen LogP contribution in [-0.4, -0.2) is 123 Å². The fraction of sp³-hybridized carbons (Fsp3) is 0.857. The van der Waals surface area contributed by atoms with Gasteiger partial charge in [-0.1, -0.05) is 57.6 Å². The molecule has 1 rings (SSSR count). The molecule has 0 spiro atoms. The summed E-state index contributed by atoms with van der Waals surface area (Å²) in [5.74, 6) is 0.872. The largest absolute Gasteiger partial charge is 1.00 e. The van der Waals surface area contributed by atoms with Crippen LogP contribution >= 0.6 is 0 Å². The van der Waals surface area contributed by atoms with Crippen molar-refractivity contribution in [1.82, 2.24) is 0 Å². The molecule has 0 saturated carbocycles. The summed E-state index contributed by atoms with van der Waals surface area (Å²) in [6, 6.07) is 8.47. The Hall–Kier alpha value is -0.230. The third kappa shape index (κ3) is 32.6. The van der Waals surface area contributed by atoms with E-state index in [1.807, 2.05) is 55.4 Å². The maximum Gasteiger partial charge on any atom is 1.00 e. The van der Waals surface area contributed by atoms with Crippen LogP contribution in [0.4, 0.5) is 0 Å². The number of unbranched alkanes of at least 4 members (excludes halogenated alkanes) is 6. The molecule has 0 N–H and O–H groups in total. The molecular formula is C42H77NaO12S. The number of rotatable bonds is 37. The van der Waals surface area contributed by atoms with Crippen LogP contribution in [0.1, 0.15) is 120 Å². The van der Waals surface area contributed by atoms with Gasteiger partial charge in [0.2, 0.25) is 0 Å². The molecule has 0 saturated heterocycles. The first kappa shape index (κ1) is 55.8. The van der Waals surface area contributed by atoms with E-state index in [0.717, 1.165) is 12.2 Å². The van der Waals surface area contributed by atoms with E-state index in [9.17, 15) is 8.76 Å². The van der Waals surface area contributed by atoms with Crippen molar-refractivity contribution in [2.45, 2.75) is 176 Å². The van der Waals surface area contributed by atoms with Crippen molar-refractivity contribution in [2.24, 2.45) is 0 Å². The first-order valence-corrected chi connectivity index (χ1v) is 21.7. The summed E-state index contributed by atoms with van der Waals surface area (Å²) in [7, 11) is 0. The molecule has 0 aliphatic heterocycles. The van der Waals surface area contributed by atoms with Crippen molar-refractivity contribution < 1.29 is 85.1 Å². The van der Waals surface area contributed by atoms with Crippen LogP contribution in [0.5, 0.6) is 5.75 Å². The second-order valence-corrected chi connectivity index (χ2v) is 15.7. The molecule has 12 nitrogen and oxygen atoms in total. The Bertz CT molecular complexity index is 1060. The molecule has 1 aromatic carbocycles. The summed E-state index contributed by atoms with van der Waals surface area (Å²) >= 11 is -2.56. The second-order valence-electron chi connectivity index (χ2n) is 15.1. The van der Waals surface area contributed by atoms with Gasteiger partial charge in [-0.2, -0.15) is 0 Å². The van der Waals surface area contributed by atoms with E-state index in [2.05, 4.69) is 35.4 Å². The van der Waals surface area contributed by atoms with Gasteiger partial charge in [0.25, 0.3) is 0 Å². The van der Waals surface area contributed by atoms with Gasteiger partial charge in [-0.05, 0) is 92.9 Å². The van der Waals surface area contributed by atoms with Gasteiger partial charge in [0.1, 0.15) is 12.4 Å². The molecule has 0 heterocycles. The van der Waals surface area contributed by atoms with E-state index in [-0.39, 0.29) is 85.0 Å². The van der Waals surface area contributed by atoms with E-state index >= 15 is 0 Å². The molecule has 0 fully saturated rings. The van der Waals surface area contributed by atoms with Crippen LogP contribution in [0.25, 0.3) is 0 Å². The molecule has 0 amide bonds. The van der Waals surface area contributed by atoms with Gasteiger partial charge in [0.15, 0.2) is 0 Å². The van der Waals surface area contributed by atoms with Crippen LogP contribution in [-0.2, 0) is 59.9 Å². The molecule has 56 heavy (non-hydrogen) atoms. The zero-order chi connectivity index (χ0) is 40.8. The van der Waals surface area contributed by atoms with Crippen LogP contribution in [0.2, 0.25) is 0 Å². The number of benzene rings is 1. The molecule has 0 aromatic heterocycles. The second kappa shape index (κ2) is 35.5. The summed E-state index contributed by atoms with van der Waals surface area (Å²) in [4.78, 5) is 0. The molecule has 0 aliphatic rings. The van der Waals surface area contributed by atoms with Crippen molar-refractivity contribution >= 4 is 11.4 Å². The monoisotopic (exact) mass is 829 g/mol. The Balaban J connectivity index is 0.0000302. The molecule has 10 atom stereocenters. The molecule has 14 heteroatoms. The third-order valence-corrected chi connectivity index (χ3v) is 9.13. The number of ether oxygens (including phenoxy) is 9. The predicted octanol–water partition coefficient (Wildman–Crippen LogP) is 4.80. The summed E-state index contributed by atoms with van der Waals surface area (Å²) in [6.45, 7) is 23.2. The quantitative estimate of drug-likeness (QED) is 0.0519. The van der Waals surface area contributed by atoms with Gasteiger partial charge >= 0.3 is 29.6 Å². The van der Waals surface area contributed by atoms with Gasteiger partial charge in [-0.25, -0.2) is 4.21 Å². The zero-order valence-corrected chi connectivity index (χ0v) is 39.7. The number of hydrogen-bond donors (Lipinski definition) is 0. The van der Waals surface area contributed by atoms with Crippen molar-refractivity contribution in [2.75, 3.05) is 59.5 Å². The Morgan fingerprint density at radius 1 is 0.464 bits per heavy atom. The first-order valence-electron chi connectivity index (χ1n) is 20.7. The molecular weight excluding hydrogens is 752 g/mol. The minimum atomic E-state index is -2.56. The fourth-order valence-electron chi connectivity index (χ4n) is 5.20. The SMILES string of the molecule is CCCCCCCCCc1ccc(OCC(C)OCC(C)OCC(C)OCC(C)OCC(C)OCC(C)OCC(C)OCC(C)OCC(C)OS(=O)[O-])cc1.[Na+]. The zero-order valence-electron chi connectivity index (χ0n) is 36.8. The maximum atomic E-state index is 10.6. The predicted molar refractivity (Wildman–Crippen MR) is 216 cm³/mol. The minimum Gasteiger partial charge on any atom is -0.750 e. The van der Waals surface area contributed by atoms with Crippen molar-refractivity contribution in [3.8, 4) is 5.75 Å². The summed E-state index contributed by atoms with van der Waals surface area (Å²) in [5, 5.41) is 0. The van der Waals surface area contributed by atoms with Crippen LogP contribution < -0.4 is 34.3 Å². The van der Waals surface area contributed by atoms with Gasteiger partial charge in [0, 0.05) is 0 Å². The van der Waals surface area contributed by atoms with Gasteiger partial charge in [-0.3, -0.25) is 4.18 Å². The Labute approximate surface area is 365 Å². The Kier molecular flexibility index (Phi) is 35.4. The van der Waals surface area contributed by atoms with Crippen LogP contribution in [0.15, 0.2) is 24.3 Å². The molecule has 0 radical (unpaired) electrons. The van der Waals surface area contributed by atoms with E-state index in [0.29, 0.717) is 52.9 Å². The minimum absolute atomic E-state index is 0. The molecule has 0 aliphatic carbocycles. The average molecular weight is 829 g/mol. The van der Waals surface area contributed by atoms with Gasteiger partial charge in [0.05, 0.1) is 119 Å². The number of aryl methyl sites for hydroxylation is 1. The van der Waals surface area contributed by atoms with Crippen molar-refractivity contribution in [3.05, 3.63) is 29.8 Å². The van der Waals surface area contributed by atoms with E-state index in [4.69, 9.17) is 42.6 Å². The van der Waals surface area contributed by atoms with Crippen molar-refractivity contribution in [3.63, 3.8) is 0 Å². The standard InChI is InChI=1S/C42H78O12S.Na/c1-11-12-13-14-15-16-17-18-41-19-21-42(22-20-41)53-30-39(9)51-28-37(7)49-26-35(5)47-24-33(3)45-23-32(2)46-25-34(4)48-27-36(6)50-29-38(8)52-31-40(10)54-55(43)44;/h19-22,32-40H,11-18,23-31H2,1-10H3,(H,43,44);/q;+1/p-1. The van der Waals surface area contributed by atoms with Gasteiger partial charge < -0.3 is 47.2 Å². The molecule has 324 valence electrons. The molecule has 0 bridgehead atoms. The maximum absolute atomic E-state index is 10.6. The third-order valence-electron chi connectivity index (χ3n) is 8.64. The summed E-state index contributed by atoms with van der Waals surface area (Å²) in [5.41, 5.74) is 1.37. The first-order chi connectivity index (χ1) is 26.3. The van der Waals surface area contributed by atoms with Crippen LogP contribution in [0, 0.1) is 0 Å².